The second-order valence-corrected chi connectivity index (χ2v) is 15.8. The van der Waals surface area contributed by atoms with E-state index >= 15 is 0 Å². The Kier molecular flexibility index (Phi) is 11.3. The van der Waals surface area contributed by atoms with Gasteiger partial charge in [-0.2, -0.15) is 0 Å². The van der Waals surface area contributed by atoms with Crippen LogP contribution in [0.1, 0.15) is 74.7 Å². The normalized spacial score (nSPS) is 24.1. The molecule has 9 heteroatoms. The zero-order valence-electron chi connectivity index (χ0n) is 30.5. The number of ether oxygens (including phenoxy) is 2. The lowest BCUT2D eigenvalue weighted by Crippen LogP contribution is -2.65. The van der Waals surface area contributed by atoms with Crippen LogP contribution in [0.25, 0.3) is 10.9 Å². The Morgan fingerprint density at radius 1 is 0.962 bits per heavy atom. The van der Waals surface area contributed by atoms with Gasteiger partial charge in [0.25, 0.3) is 0 Å². The maximum absolute atomic E-state index is 12.0. The number of pyridine rings is 1. The van der Waals surface area contributed by atoms with Crippen LogP contribution in [0.2, 0.25) is 0 Å². The molecule has 278 valence electrons. The van der Waals surface area contributed by atoms with Gasteiger partial charge in [0.05, 0.1) is 44.5 Å². The Hall–Kier alpha value is -3.73. The number of hydrogen-bond acceptors (Lipinski definition) is 7. The number of benzene rings is 3. The fraction of sp³-hybridized carbons (Fsp3) is 0.512. The molecule has 0 radical (unpaired) electrons. The van der Waals surface area contributed by atoms with Gasteiger partial charge >= 0.3 is 0 Å². The molecule has 3 saturated heterocycles. The van der Waals surface area contributed by atoms with E-state index in [0.29, 0.717) is 42.1 Å². The van der Waals surface area contributed by atoms with E-state index in [-0.39, 0.29) is 29.4 Å². The number of phenols is 1. The summed E-state index contributed by atoms with van der Waals surface area (Å²) >= 11 is 0. The first-order chi connectivity index (χ1) is 25.2. The molecule has 9 nitrogen and oxygen atoms in total. The number of H-pyrrole nitrogens is 1. The highest BCUT2D eigenvalue weighted by Crippen LogP contribution is 2.43. The molecule has 1 aliphatic carbocycles. The third-order valence-electron chi connectivity index (χ3n) is 12.3. The highest BCUT2D eigenvalue weighted by atomic mass is 16.5. The molecule has 0 amide bonds. The number of aromatic amines is 1. The number of nitrogens with zero attached hydrogens (tertiary/aromatic N) is 1. The zero-order valence-corrected chi connectivity index (χ0v) is 30.5. The summed E-state index contributed by atoms with van der Waals surface area (Å²) in [6.07, 6.45) is 8.10. The maximum Gasteiger partial charge on any atom is 0.248 e. The molecule has 4 heterocycles. The first-order valence-electron chi connectivity index (χ1n) is 19.4. The topological polar surface area (TPSA) is 124 Å². The number of aromatic hydroxyl groups is 1. The van der Waals surface area contributed by atoms with Gasteiger partial charge in [-0.25, -0.2) is 0 Å². The Morgan fingerprint density at radius 2 is 1.71 bits per heavy atom. The summed E-state index contributed by atoms with van der Waals surface area (Å²) in [5.41, 5.74) is 1.96. The molecule has 1 saturated carbocycles. The van der Waals surface area contributed by atoms with E-state index in [4.69, 9.17) is 9.47 Å². The van der Waals surface area contributed by atoms with Crippen LogP contribution in [0.5, 0.6) is 11.5 Å². The van der Waals surface area contributed by atoms with Crippen LogP contribution >= 0.6 is 0 Å². The van der Waals surface area contributed by atoms with Crippen molar-refractivity contribution in [3.63, 3.8) is 0 Å². The van der Waals surface area contributed by atoms with Crippen molar-refractivity contribution in [2.75, 3.05) is 45.9 Å². The molecule has 3 aromatic carbocycles. The fourth-order valence-corrected chi connectivity index (χ4v) is 9.24. The molecular formula is C43H56N3O6+. The minimum absolute atomic E-state index is 0.0180. The summed E-state index contributed by atoms with van der Waals surface area (Å²) < 4.78 is 14.0. The van der Waals surface area contributed by atoms with Crippen LogP contribution < -0.4 is 15.6 Å². The van der Waals surface area contributed by atoms with Gasteiger partial charge in [0, 0.05) is 49.2 Å². The van der Waals surface area contributed by atoms with Gasteiger partial charge in [-0.15, -0.1) is 0 Å². The first kappa shape index (κ1) is 36.6. The number of hydrogen-bond donors (Lipinski definition) is 5. The molecule has 52 heavy (non-hydrogen) atoms. The monoisotopic (exact) mass is 710 g/mol. The minimum Gasteiger partial charge on any atom is -0.506 e. The van der Waals surface area contributed by atoms with Gasteiger partial charge < -0.3 is 39.6 Å². The van der Waals surface area contributed by atoms with Gasteiger partial charge in [0.2, 0.25) is 5.56 Å². The van der Waals surface area contributed by atoms with Crippen molar-refractivity contribution in [2.45, 2.75) is 82.1 Å². The summed E-state index contributed by atoms with van der Waals surface area (Å²) in [6.45, 7) is 8.04. The lowest BCUT2D eigenvalue weighted by Gasteiger charge is -2.53. The van der Waals surface area contributed by atoms with Crippen molar-refractivity contribution in [1.29, 1.82) is 0 Å². The zero-order chi connectivity index (χ0) is 36.1. The second kappa shape index (κ2) is 16.1. The van der Waals surface area contributed by atoms with Crippen molar-refractivity contribution in [1.82, 2.24) is 10.3 Å². The first-order valence-corrected chi connectivity index (χ1v) is 19.4. The van der Waals surface area contributed by atoms with E-state index in [2.05, 4.69) is 41.5 Å². The molecule has 1 aromatic heterocycles. The Morgan fingerprint density at radius 3 is 2.46 bits per heavy atom. The second-order valence-electron chi connectivity index (χ2n) is 15.8. The number of aliphatic hydroxyl groups is 2. The Balaban J connectivity index is 0.852. The third-order valence-corrected chi connectivity index (χ3v) is 12.3. The summed E-state index contributed by atoms with van der Waals surface area (Å²) in [5, 5.41) is 37.2. The number of rotatable bonds is 16. The van der Waals surface area contributed by atoms with Crippen molar-refractivity contribution < 1.29 is 29.3 Å². The quantitative estimate of drug-likeness (QED) is 0.0719. The van der Waals surface area contributed by atoms with Crippen molar-refractivity contribution in [3.05, 3.63) is 106 Å². The van der Waals surface area contributed by atoms with E-state index < -0.39 is 11.7 Å². The van der Waals surface area contributed by atoms with Crippen LogP contribution in [0, 0.1) is 11.8 Å². The van der Waals surface area contributed by atoms with Crippen LogP contribution in [0.15, 0.2) is 83.7 Å². The largest absolute Gasteiger partial charge is 0.506 e. The highest BCUT2D eigenvalue weighted by Gasteiger charge is 2.48. The molecule has 0 spiro atoms. The minimum atomic E-state index is -0.913. The third kappa shape index (κ3) is 8.24. The molecule has 8 rings (SSSR count). The summed E-state index contributed by atoms with van der Waals surface area (Å²) in [6, 6.07) is 24.9. The van der Waals surface area contributed by atoms with Gasteiger partial charge in [-0.1, -0.05) is 61.4 Å². The van der Waals surface area contributed by atoms with E-state index in [9.17, 15) is 20.1 Å². The highest BCUT2D eigenvalue weighted by molar-refractivity contribution is 5.87. The van der Waals surface area contributed by atoms with Gasteiger partial charge in [-0.3, -0.25) is 4.79 Å². The Bertz CT molecular complexity index is 1820. The number of aliphatic hydroxyl groups excluding tert-OH is 1. The van der Waals surface area contributed by atoms with Crippen molar-refractivity contribution >= 4 is 10.9 Å². The van der Waals surface area contributed by atoms with Gasteiger partial charge in [0.15, 0.2) is 0 Å². The lowest BCUT2D eigenvalue weighted by molar-refractivity contribution is -0.946. The van der Waals surface area contributed by atoms with Gasteiger partial charge in [0.1, 0.15) is 29.7 Å². The molecule has 4 atom stereocenters. The lowest BCUT2D eigenvalue weighted by atomic mass is 9.80. The number of nitrogens with one attached hydrogen (secondary N) is 2. The number of aromatic nitrogens is 1. The predicted molar refractivity (Wildman–Crippen MR) is 203 cm³/mol. The standard InChI is InChI=1S/C43H55N3O6/c1-30(44-27-39(48)36-16-18-38(47)42-37(36)17-19-41(49)45-42)26-31-12-14-35(15-13-31)51-25-7-22-46-23-20-32(21-24-46)40(28-46)52-29-43(50,34-10-5-6-11-34)33-8-3-2-4-9-33/h2-4,8-9,12-19,30,32,34,39-40,44,48,50H,5-7,10-11,20-29H2,1H3,(H-,45,47,49)/p+1/t30-,32?,39-,40-,43?,46?/m0/s1. The summed E-state index contributed by atoms with van der Waals surface area (Å²) in [4.78, 5) is 14.4. The van der Waals surface area contributed by atoms with Crippen LogP contribution in [0.3, 0.4) is 0 Å². The molecule has 4 aromatic rings. The molecule has 5 N–H and O–H groups in total. The average molecular weight is 711 g/mol. The van der Waals surface area contributed by atoms with Crippen molar-refractivity contribution in [2.24, 2.45) is 11.8 Å². The molecular weight excluding hydrogens is 654 g/mol. The average Bonchev–Trinajstić information content (AvgIpc) is 3.73. The fourth-order valence-electron chi connectivity index (χ4n) is 9.24. The number of fused-ring (bicyclic) bond motifs is 4. The van der Waals surface area contributed by atoms with Crippen molar-refractivity contribution in [3.8, 4) is 11.5 Å². The summed E-state index contributed by atoms with van der Waals surface area (Å²) in [7, 11) is 0. The van der Waals surface area contributed by atoms with Crippen LogP contribution in [-0.4, -0.2) is 82.9 Å². The summed E-state index contributed by atoms with van der Waals surface area (Å²) in [5.74, 6) is 1.71. The maximum atomic E-state index is 12.0. The van der Waals surface area contributed by atoms with Crippen LogP contribution in [-0.2, 0) is 16.8 Å². The van der Waals surface area contributed by atoms with Gasteiger partial charge in [-0.05, 0) is 73.1 Å². The molecule has 1 unspecified atom stereocenters. The predicted octanol–water partition coefficient (Wildman–Crippen LogP) is 5.96. The number of piperidine rings is 3. The molecule has 3 aliphatic heterocycles. The van der Waals surface area contributed by atoms with E-state index in [1.807, 2.05) is 30.3 Å². The number of phenolic OH excluding ortho intramolecular Hbond substituents is 1. The Labute approximate surface area is 307 Å². The SMILES string of the molecule is C[C@@H](Cc1ccc(OCCC[N+]23CCC(CC2)[C@@H](OCC(O)(c2ccccc2)C2CCCC2)C3)cc1)NC[C@H](O)c1ccc(O)c2[nH]c(=O)ccc12. The molecule has 4 fully saturated rings. The van der Waals surface area contributed by atoms with Crippen LogP contribution in [0.4, 0.5) is 0 Å². The van der Waals surface area contributed by atoms with E-state index in [1.165, 1.54) is 56.5 Å². The van der Waals surface area contributed by atoms with E-state index in [0.717, 1.165) is 54.6 Å². The van der Waals surface area contributed by atoms with E-state index in [1.54, 1.807) is 12.1 Å². The number of quaternary nitrogens is 1. The molecule has 4 aliphatic rings. The smallest absolute Gasteiger partial charge is 0.248 e. The molecule has 2 bridgehead atoms.